The minimum absolute atomic E-state index is 0.0231. The molecule has 0 amide bonds. The molecule has 0 bridgehead atoms. The van der Waals surface area contributed by atoms with Crippen molar-refractivity contribution in [1.82, 2.24) is 9.55 Å². The molecular weight excluding hydrogens is 408 g/mol. The molecule has 3 rings (SSSR count). The molecule has 150 valence electrons. The van der Waals surface area contributed by atoms with Crippen LogP contribution in [0.5, 0.6) is 11.5 Å². The van der Waals surface area contributed by atoms with Crippen molar-refractivity contribution >= 4 is 35.3 Å². The standard InChI is InChI=1S/C18H19ClN2O6S/c1-3-9(2)16-20-17(28-7-14(22)23)15(18(24)25)21(16)6-10-4-12-13(5-11(10)19)27-8-26-12/h4-5,9H,3,6-8H2,1-2H3,(H,22,23)(H,24,25). The molecule has 0 spiro atoms. The molecule has 10 heteroatoms. The molecule has 1 atom stereocenters. The number of halogens is 1. The van der Waals surface area contributed by atoms with Crippen LogP contribution >= 0.6 is 23.4 Å². The van der Waals surface area contributed by atoms with Gasteiger partial charge in [-0.15, -0.1) is 0 Å². The van der Waals surface area contributed by atoms with Crippen molar-refractivity contribution in [3.63, 3.8) is 0 Å². The summed E-state index contributed by atoms with van der Waals surface area (Å²) in [4.78, 5) is 27.4. The Kier molecular flexibility index (Phi) is 6.04. The molecule has 2 aromatic rings. The lowest BCUT2D eigenvalue weighted by molar-refractivity contribution is -0.133. The fourth-order valence-electron chi connectivity index (χ4n) is 2.85. The SMILES string of the molecule is CCC(C)c1nc(SCC(=O)O)c(C(=O)O)n1Cc1cc2c(cc1Cl)OCO2. The smallest absolute Gasteiger partial charge is 0.355 e. The van der Waals surface area contributed by atoms with Crippen molar-refractivity contribution in [2.24, 2.45) is 0 Å². The van der Waals surface area contributed by atoms with Crippen molar-refractivity contribution in [2.45, 2.75) is 37.8 Å². The highest BCUT2D eigenvalue weighted by atomic mass is 35.5. The third-order valence-electron chi connectivity index (χ3n) is 4.42. The van der Waals surface area contributed by atoms with Gasteiger partial charge in [-0.2, -0.15) is 0 Å². The number of thioether (sulfide) groups is 1. The normalized spacial score (nSPS) is 13.5. The van der Waals surface area contributed by atoms with Gasteiger partial charge in [-0.05, 0) is 18.1 Å². The van der Waals surface area contributed by atoms with E-state index in [0.29, 0.717) is 27.9 Å². The first-order valence-corrected chi connectivity index (χ1v) is 9.94. The lowest BCUT2D eigenvalue weighted by atomic mass is 10.1. The van der Waals surface area contributed by atoms with E-state index in [1.165, 1.54) is 0 Å². The van der Waals surface area contributed by atoms with Gasteiger partial charge in [0.25, 0.3) is 0 Å². The van der Waals surface area contributed by atoms with Crippen LogP contribution < -0.4 is 9.47 Å². The zero-order valence-corrected chi connectivity index (χ0v) is 16.8. The van der Waals surface area contributed by atoms with E-state index in [-0.39, 0.29) is 35.7 Å². The van der Waals surface area contributed by atoms with Crippen LogP contribution in [-0.4, -0.2) is 44.2 Å². The number of rotatable bonds is 8. The summed E-state index contributed by atoms with van der Waals surface area (Å²) >= 11 is 7.26. The lowest BCUT2D eigenvalue weighted by Gasteiger charge is -2.15. The Balaban J connectivity index is 2.07. The van der Waals surface area contributed by atoms with E-state index < -0.39 is 11.9 Å². The Labute approximate surface area is 170 Å². The molecule has 1 aromatic heterocycles. The molecular formula is C18H19ClN2O6S. The first-order chi connectivity index (χ1) is 13.3. The molecule has 0 fully saturated rings. The summed E-state index contributed by atoms with van der Waals surface area (Å²) in [7, 11) is 0. The number of carbonyl (C=O) groups is 2. The zero-order valence-electron chi connectivity index (χ0n) is 15.3. The number of benzene rings is 1. The fraction of sp³-hybridized carbons (Fsp3) is 0.389. The number of hydrogen-bond donors (Lipinski definition) is 2. The predicted octanol–water partition coefficient (Wildman–Crippen LogP) is 3.70. The van der Waals surface area contributed by atoms with Crippen LogP contribution in [0.25, 0.3) is 0 Å². The highest BCUT2D eigenvalue weighted by Crippen LogP contribution is 2.38. The second-order valence-electron chi connectivity index (χ2n) is 6.30. The summed E-state index contributed by atoms with van der Waals surface area (Å²) in [6.07, 6.45) is 0.744. The van der Waals surface area contributed by atoms with E-state index in [1.54, 1.807) is 16.7 Å². The minimum atomic E-state index is -1.17. The second kappa shape index (κ2) is 8.32. The van der Waals surface area contributed by atoms with E-state index in [4.69, 9.17) is 26.2 Å². The molecule has 1 unspecified atom stereocenters. The van der Waals surface area contributed by atoms with Gasteiger partial charge in [0, 0.05) is 17.0 Å². The van der Waals surface area contributed by atoms with Gasteiger partial charge in [0.2, 0.25) is 6.79 Å². The fourth-order valence-corrected chi connectivity index (χ4v) is 3.82. The molecule has 0 radical (unpaired) electrons. The van der Waals surface area contributed by atoms with E-state index in [9.17, 15) is 14.7 Å². The summed E-state index contributed by atoms with van der Waals surface area (Å²) in [6, 6.07) is 3.36. The van der Waals surface area contributed by atoms with Crippen LogP contribution in [0.4, 0.5) is 0 Å². The van der Waals surface area contributed by atoms with E-state index >= 15 is 0 Å². The van der Waals surface area contributed by atoms with Gasteiger partial charge >= 0.3 is 11.9 Å². The van der Waals surface area contributed by atoms with Crippen LogP contribution in [0.2, 0.25) is 5.02 Å². The molecule has 1 aromatic carbocycles. The van der Waals surface area contributed by atoms with Gasteiger partial charge < -0.3 is 24.3 Å². The van der Waals surface area contributed by atoms with Gasteiger partial charge in [0.15, 0.2) is 17.2 Å². The van der Waals surface area contributed by atoms with Gasteiger partial charge in [0.05, 0.1) is 12.3 Å². The number of aromatic nitrogens is 2. The molecule has 1 aliphatic heterocycles. The largest absolute Gasteiger partial charge is 0.481 e. The number of aliphatic carboxylic acids is 1. The number of hydrogen-bond acceptors (Lipinski definition) is 6. The van der Waals surface area contributed by atoms with Crippen molar-refractivity contribution in [1.29, 1.82) is 0 Å². The molecule has 8 nitrogen and oxygen atoms in total. The van der Waals surface area contributed by atoms with Gasteiger partial charge in [-0.3, -0.25) is 4.79 Å². The second-order valence-corrected chi connectivity index (χ2v) is 7.67. The van der Waals surface area contributed by atoms with Crippen LogP contribution in [0.1, 0.15) is 48.1 Å². The third kappa shape index (κ3) is 4.05. The molecule has 1 aliphatic rings. The summed E-state index contributed by atoms with van der Waals surface area (Å²) in [5.74, 6) is -0.861. The van der Waals surface area contributed by atoms with E-state index in [0.717, 1.165) is 18.2 Å². The summed E-state index contributed by atoms with van der Waals surface area (Å²) in [5, 5.41) is 19.3. The van der Waals surface area contributed by atoms with Gasteiger partial charge in [-0.25, -0.2) is 9.78 Å². The number of aromatic carboxylic acids is 1. The highest BCUT2D eigenvalue weighted by Gasteiger charge is 2.27. The van der Waals surface area contributed by atoms with Crippen molar-refractivity contribution in [3.05, 3.63) is 34.2 Å². The number of nitrogens with zero attached hydrogens (tertiary/aromatic N) is 2. The maximum atomic E-state index is 12.0. The van der Waals surface area contributed by atoms with Crippen LogP contribution in [0.3, 0.4) is 0 Å². The van der Waals surface area contributed by atoms with E-state index in [1.807, 2.05) is 13.8 Å². The summed E-state index contributed by atoms with van der Waals surface area (Å²) in [5.41, 5.74) is 0.612. The molecule has 0 aliphatic carbocycles. The summed E-state index contributed by atoms with van der Waals surface area (Å²) in [6.45, 7) is 4.19. The van der Waals surface area contributed by atoms with E-state index in [2.05, 4.69) is 4.98 Å². The predicted molar refractivity (Wildman–Crippen MR) is 103 cm³/mol. The number of carboxylic acid groups (broad SMARTS) is 2. The van der Waals surface area contributed by atoms with Crippen molar-refractivity contribution in [3.8, 4) is 11.5 Å². The Hall–Kier alpha value is -2.39. The molecule has 2 N–H and O–H groups in total. The third-order valence-corrected chi connectivity index (χ3v) is 5.72. The van der Waals surface area contributed by atoms with Gasteiger partial charge in [0.1, 0.15) is 10.9 Å². The maximum absolute atomic E-state index is 12.0. The van der Waals surface area contributed by atoms with Crippen LogP contribution in [-0.2, 0) is 11.3 Å². The quantitative estimate of drug-likeness (QED) is 0.614. The molecule has 0 saturated carbocycles. The average molecular weight is 427 g/mol. The number of carboxylic acids is 2. The monoisotopic (exact) mass is 426 g/mol. The highest BCUT2D eigenvalue weighted by molar-refractivity contribution is 7.99. The van der Waals surface area contributed by atoms with Crippen LogP contribution in [0, 0.1) is 0 Å². The van der Waals surface area contributed by atoms with Crippen LogP contribution in [0.15, 0.2) is 17.2 Å². The first kappa shape index (κ1) is 20.3. The molecule has 28 heavy (non-hydrogen) atoms. The Bertz CT molecular complexity index is 929. The first-order valence-electron chi connectivity index (χ1n) is 8.58. The molecule has 2 heterocycles. The summed E-state index contributed by atoms with van der Waals surface area (Å²) < 4.78 is 12.3. The maximum Gasteiger partial charge on any atom is 0.355 e. The number of ether oxygens (including phenoxy) is 2. The Morgan fingerprint density at radius 2 is 2.00 bits per heavy atom. The van der Waals surface area contributed by atoms with Gasteiger partial charge in [-0.1, -0.05) is 37.2 Å². The Morgan fingerprint density at radius 3 is 2.61 bits per heavy atom. The Morgan fingerprint density at radius 1 is 1.32 bits per heavy atom. The van der Waals surface area contributed by atoms with Crippen molar-refractivity contribution < 1.29 is 29.3 Å². The minimum Gasteiger partial charge on any atom is -0.481 e. The number of fused-ring (bicyclic) bond motifs is 1. The average Bonchev–Trinajstić information content (AvgIpc) is 3.23. The number of imidazole rings is 1. The zero-order chi connectivity index (χ0) is 20.4. The molecule has 0 saturated heterocycles. The topological polar surface area (TPSA) is 111 Å². The van der Waals surface area contributed by atoms with Crippen molar-refractivity contribution in [2.75, 3.05) is 12.5 Å². The lowest BCUT2D eigenvalue weighted by Crippen LogP contribution is -2.15.